The number of carbonyl (C=O) groups excluding carboxylic acids is 1. The third kappa shape index (κ3) is 6.53. The zero-order valence-electron chi connectivity index (χ0n) is 18.9. The number of hydrogen-bond acceptors (Lipinski definition) is 6. The molecule has 2 aromatic carbocycles. The summed E-state index contributed by atoms with van der Waals surface area (Å²) in [5.74, 6) is 0. The zero-order chi connectivity index (χ0) is 23.1. The van der Waals surface area contributed by atoms with Crippen LogP contribution in [-0.2, 0) is 27.4 Å². The number of amides is 1. The van der Waals surface area contributed by atoms with Gasteiger partial charge in [-0.15, -0.1) is 0 Å². The van der Waals surface area contributed by atoms with Gasteiger partial charge in [-0.3, -0.25) is 4.90 Å². The fraction of sp³-hybridized carbons (Fsp3) is 0.480. The lowest BCUT2D eigenvalue weighted by atomic mass is 10.1. The maximum atomic E-state index is 13.0. The van der Waals surface area contributed by atoms with Gasteiger partial charge in [-0.2, -0.15) is 0 Å². The van der Waals surface area contributed by atoms with Gasteiger partial charge in [-0.1, -0.05) is 60.7 Å². The summed E-state index contributed by atoms with van der Waals surface area (Å²) < 4.78 is 17.1. The number of aliphatic hydroxyl groups excluding tert-OH is 2. The van der Waals surface area contributed by atoms with Gasteiger partial charge in [0.25, 0.3) is 0 Å². The minimum atomic E-state index is -1.18. The highest BCUT2D eigenvalue weighted by molar-refractivity contribution is 5.70. The highest BCUT2D eigenvalue weighted by atomic mass is 16.6. The Balaban J connectivity index is 1.69. The molecule has 0 bridgehead atoms. The number of ether oxygens (including phenoxy) is 3. The second-order valence-corrected chi connectivity index (χ2v) is 9.00. The molecule has 0 unspecified atom stereocenters. The van der Waals surface area contributed by atoms with E-state index in [1.54, 1.807) is 20.8 Å². The molecule has 0 aliphatic carbocycles. The van der Waals surface area contributed by atoms with Gasteiger partial charge >= 0.3 is 6.09 Å². The van der Waals surface area contributed by atoms with Crippen molar-refractivity contribution in [2.45, 2.75) is 63.9 Å². The summed E-state index contributed by atoms with van der Waals surface area (Å²) in [6, 6.07) is 17.7. The van der Waals surface area contributed by atoms with Gasteiger partial charge in [0.2, 0.25) is 0 Å². The molecule has 2 aromatic rings. The van der Waals surface area contributed by atoms with Crippen molar-refractivity contribution in [3.8, 4) is 0 Å². The summed E-state index contributed by atoms with van der Waals surface area (Å²) in [5, 5.41) is 21.4. The van der Waals surface area contributed by atoms with Gasteiger partial charge in [-0.05, 0) is 31.9 Å². The lowest BCUT2D eigenvalue weighted by molar-refractivity contribution is -0.0235. The molecule has 1 heterocycles. The summed E-state index contributed by atoms with van der Waals surface area (Å²) in [4.78, 5) is 14.4. The SMILES string of the molecule is CC(C)(C)OC(=O)N1[C@H](COCc2ccccc2)[C@@H](O)[C@@H](O)[C@@H]1COCc1ccccc1. The van der Waals surface area contributed by atoms with Crippen molar-refractivity contribution in [2.75, 3.05) is 13.2 Å². The van der Waals surface area contributed by atoms with E-state index >= 15 is 0 Å². The van der Waals surface area contributed by atoms with Crippen molar-refractivity contribution >= 4 is 6.09 Å². The van der Waals surface area contributed by atoms with Crippen LogP contribution in [0.2, 0.25) is 0 Å². The third-order valence-electron chi connectivity index (χ3n) is 5.26. The normalized spacial score (nSPS) is 23.3. The van der Waals surface area contributed by atoms with Gasteiger partial charge in [0.05, 0.1) is 38.5 Å². The third-order valence-corrected chi connectivity index (χ3v) is 5.26. The van der Waals surface area contributed by atoms with E-state index in [1.165, 1.54) is 4.90 Å². The van der Waals surface area contributed by atoms with E-state index < -0.39 is 36.0 Å². The summed E-state index contributed by atoms with van der Waals surface area (Å²) in [6.45, 7) is 6.10. The summed E-state index contributed by atoms with van der Waals surface area (Å²) >= 11 is 0. The van der Waals surface area contributed by atoms with Gasteiger partial charge in [0.15, 0.2) is 0 Å². The first kappa shape index (κ1) is 24.2. The van der Waals surface area contributed by atoms with E-state index in [9.17, 15) is 15.0 Å². The van der Waals surface area contributed by atoms with E-state index in [-0.39, 0.29) is 13.2 Å². The van der Waals surface area contributed by atoms with Crippen LogP contribution in [0.15, 0.2) is 60.7 Å². The van der Waals surface area contributed by atoms with Crippen molar-refractivity contribution in [3.63, 3.8) is 0 Å². The molecule has 1 amide bonds. The molecule has 7 nitrogen and oxygen atoms in total. The van der Waals surface area contributed by atoms with Crippen molar-refractivity contribution in [1.82, 2.24) is 4.90 Å². The second-order valence-electron chi connectivity index (χ2n) is 9.00. The van der Waals surface area contributed by atoms with E-state index in [4.69, 9.17) is 14.2 Å². The molecule has 4 atom stereocenters. The smallest absolute Gasteiger partial charge is 0.411 e. The van der Waals surface area contributed by atoms with Crippen LogP contribution < -0.4 is 0 Å². The van der Waals surface area contributed by atoms with E-state index in [2.05, 4.69) is 0 Å². The Bertz CT molecular complexity index is 781. The molecule has 0 saturated carbocycles. The standard InChI is InChI=1S/C25H33NO6/c1-25(2,3)32-24(29)26-20(16-30-14-18-10-6-4-7-11-18)22(27)23(28)21(26)17-31-15-19-12-8-5-9-13-19/h4-13,20-23,27-28H,14-17H2,1-3H3/t20-,21+,22-,23+. The van der Waals surface area contributed by atoms with Crippen LogP contribution >= 0.6 is 0 Å². The van der Waals surface area contributed by atoms with Crippen molar-refractivity contribution in [3.05, 3.63) is 71.8 Å². The predicted molar refractivity (Wildman–Crippen MR) is 120 cm³/mol. The number of nitrogens with zero attached hydrogens (tertiary/aromatic N) is 1. The molecule has 2 N–H and O–H groups in total. The number of benzene rings is 2. The van der Waals surface area contributed by atoms with Crippen LogP contribution in [0.1, 0.15) is 31.9 Å². The Hall–Kier alpha value is -2.45. The van der Waals surface area contributed by atoms with Gasteiger partial charge in [0.1, 0.15) is 17.8 Å². The first-order chi connectivity index (χ1) is 15.3. The molecule has 3 rings (SSSR count). The first-order valence-corrected chi connectivity index (χ1v) is 10.9. The van der Waals surface area contributed by atoms with Crippen LogP contribution in [0.5, 0.6) is 0 Å². The Kier molecular flexibility index (Phi) is 8.26. The molecule has 32 heavy (non-hydrogen) atoms. The van der Waals surface area contributed by atoms with Crippen molar-refractivity contribution in [2.24, 2.45) is 0 Å². The van der Waals surface area contributed by atoms with E-state index in [0.29, 0.717) is 13.2 Å². The topological polar surface area (TPSA) is 88.5 Å². The van der Waals surface area contributed by atoms with Crippen LogP contribution in [0, 0.1) is 0 Å². The summed E-state index contributed by atoms with van der Waals surface area (Å²) in [5.41, 5.74) is 1.24. The number of carbonyl (C=O) groups is 1. The Morgan fingerprint density at radius 1 is 0.812 bits per heavy atom. The van der Waals surface area contributed by atoms with Gasteiger partial charge < -0.3 is 24.4 Å². The monoisotopic (exact) mass is 443 g/mol. The Morgan fingerprint density at radius 2 is 1.22 bits per heavy atom. The van der Waals surface area contributed by atoms with Crippen molar-refractivity contribution < 1.29 is 29.2 Å². The van der Waals surface area contributed by atoms with Gasteiger partial charge in [0, 0.05) is 0 Å². The maximum Gasteiger partial charge on any atom is 0.411 e. The largest absolute Gasteiger partial charge is 0.444 e. The van der Waals surface area contributed by atoms with Crippen LogP contribution in [0.25, 0.3) is 0 Å². The second kappa shape index (κ2) is 10.9. The molecule has 0 aromatic heterocycles. The number of aliphatic hydroxyl groups is 2. The van der Waals surface area contributed by atoms with Crippen molar-refractivity contribution in [1.29, 1.82) is 0 Å². The maximum absolute atomic E-state index is 13.0. The fourth-order valence-electron chi connectivity index (χ4n) is 3.72. The lowest BCUT2D eigenvalue weighted by Gasteiger charge is -2.32. The molecule has 0 spiro atoms. The highest BCUT2D eigenvalue weighted by Crippen LogP contribution is 2.29. The molecule has 0 radical (unpaired) electrons. The minimum absolute atomic E-state index is 0.0571. The van der Waals surface area contributed by atoms with Crippen LogP contribution in [0.3, 0.4) is 0 Å². The quantitative estimate of drug-likeness (QED) is 0.652. The van der Waals surface area contributed by atoms with E-state index in [1.807, 2.05) is 60.7 Å². The minimum Gasteiger partial charge on any atom is -0.444 e. The molecule has 1 saturated heterocycles. The summed E-state index contributed by atoms with van der Waals surface area (Å²) in [7, 11) is 0. The average molecular weight is 444 g/mol. The Labute approximate surface area is 189 Å². The fourth-order valence-corrected chi connectivity index (χ4v) is 3.72. The molecule has 7 heteroatoms. The predicted octanol–water partition coefficient (Wildman–Crippen LogP) is 3.13. The molecular weight excluding hydrogens is 410 g/mol. The molecular formula is C25H33NO6. The zero-order valence-corrected chi connectivity index (χ0v) is 18.9. The lowest BCUT2D eigenvalue weighted by Crippen LogP contribution is -2.49. The van der Waals surface area contributed by atoms with Gasteiger partial charge in [-0.25, -0.2) is 4.79 Å². The van der Waals surface area contributed by atoms with Crippen LogP contribution in [0.4, 0.5) is 4.79 Å². The summed E-state index contributed by atoms with van der Waals surface area (Å²) in [6.07, 6.45) is -2.97. The molecule has 1 aliphatic rings. The first-order valence-electron chi connectivity index (χ1n) is 10.9. The number of rotatable bonds is 8. The molecule has 1 aliphatic heterocycles. The number of hydrogen-bond donors (Lipinski definition) is 2. The van der Waals surface area contributed by atoms with E-state index in [0.717, 1.165) is 11.1 Å². The average Bonchev–Trinajstić information content (AvgIpc) is 2.99. The number of likely N-dealkylation sites (tertiary alicyclic amines) is 1. The molecule has 1 fully saturated rings. The Morgan fingerprint density at radius 3 is 1.59 bits per heavy atom. The highest BCUT2D eigenvalue weighted by Gasteiger charge is 2.51. The molecule has 174 valence electrons. The van der Waals surface area contributed by atoms with Crippen LogP contribution in [-0.4, -0.2) is 64.3 Å².